The second-order valence-electron chi connectivity index (χ2n) is 4.30. The van der Waals surface area contributed by atoms with Crippen molar-refractivity contribution in [2.45, 2.75) is 26.7 Å². The third-order valence-electron chi connectivity index (χ3n) is 3.13. The van der Waals surface area contributed by atoms with Gasteiger partial charge in [-0.1, -0.05) is 28.1 Å². The van der Waals surface area contributed by atoms with Gasteiger partial charge in [0.15, 0.2) is 0 Å². The molecule has 0 aromatic rings. The Labute approximate surface area is 116 Å². The Morgan fingerprint density at radius 3 is 2.33 bits per heavy atom. The van der Waals surface area contributed by atoms with Crippen LogP contribution >= 0.6 is 15.9 Å². The molecule has 18 heavy (non-hydrogen) atoms. The van der Waals surface area contributed by atoms with Crippen molar-refractivity contribution in [3.63, 3.8) is 0 Å². The lowest BCUT2D eigenvalue weighted by Crippen LogP contribution is -2.33. The Bertz CT molecular complexity index is 379. The zero-order chi connectivity index (χ0) is 13.5. The van der Waals surface area contributed by atoms with Gasteiger partial charge in [-0.3, -0.25) is 0 Å². The van der Waals surface area contributed by atoms with E-state index in [4.69, 9.17) is 0 Å². The van der Waals surface area contributed by atoms with E-state index in [1.165, 1.54) is 6.08 Å². The highest BCUT2D eigenvalue weighted by Crippen LogP contribution is 2.25. The number of allylic oxidation sites excluding steroid dienone is 5. The number of carbonyl (C=O) groups excluding carboxylic acids is 1. The van der Waals surface area contributed by atoms with E-state index >= 15 is 0 Å². The summed E-state index contributed by atoms with van der Waals surface area (Å²) >= 11 is 3.27. The Balaban J connectivity index is 2.74. The molecule has 100 valence electrons. The molecule has 0 aromatic heterocycles. The number of nitrogens with zero attached hydrogens (tertiary/aromatic N) is 1. The molecule has 2 nitrogen and oxygen atoms in total. The largest absolute Gasteiger partial charge is 0.369 e. The molecule has 0 aromatic carbocycles. The van der Waals surface area contributed by atoms with Crippen molar-refractivity contribution in [3.05, 3.63) is 34.2 Å². The number of aldehydes is 1. The lowest BCUT2D eigenvalue weighted by molar-refractivity contribution is -0.112. The first-order valence-corrected chi connectivity index (χ1v) is 6.97. The monoisotopic (exact) mass is 315 g/mol. The standard InChI is InChI=1S/C14H19BrFNO/c1-3-12(15)9-13(16)14(4-2)17-7-5-11(10-18)6-8-17/h3-4,9-11H,5-8H2,1-2H3/b12-3+,13-9+,14-4+. The molecule has 0 saturated carbocycles. The van der Waals surface area contributed by atoms with Gasteiger partial charge in [-0.15, -0.1) is 0 Å². The van der Waals surface area contributed by atoms with E-state index in [-0.39, 0.29) is 11.7 Å². The molecular formula is C14H19BrFNO. The first-order valence-electron chi connectivity index (χ1n) is 6.18. The van der Waals surface area contributed by atoms with E-state index < -0.39 is 0 Å². The van der Waals surface area contributed by atoms with Gasteiger partial charge in [0.1, 0.15) is 12.1 Å². The maximum atomic E-state index is 14.1. The number of likely N-dealkylation sites (tertiary alicyclic amines) is 1. The zero-order valence-corrected chi connectivity index (χ0v) is 12.4. The maximum absolute atomic E-state index is 14.1. The van der Waals surface area contributed by atoms with Crippen molar-refractivity contribution in [3.8, 4) is 0 Å². The van der Waals surface area contributed by atoms with E-state index in [1.54, 1.807) is 12.2 Å². The Morgan fingerprint density at radius 2 is 1.89 bits per heavy atom. The predicted molar refractivity (Wildman–Crippen MR) is 76.0 cm³/mol. The van der Waals surface area contributed by atoms with Gasteiger partial charge in [0.25, 0.3) is 0 Å². The van der Waals surface area contributed by atoms with Gasteiger partial charge in [-0.2, -0.15) is 0 Å². The van der Waals surface area contributed by atoms with Crippen LogP contribution in [0.5, 0.6) is 0 Å². The van der Waals surface area contributed by atoms with Crippen LogP contribution in [-0.2, 0) is 4.79 Å². The molecule has 0 atom stereocenters. The third kappa shape index (κ3) is 4.09. The normalized spacial score (nSPS) is 20.2. The van der Waals surface area contributed by atoms with Crippen LogP contribution in [0.15, 0.2) is 34.2 Å². The number of hydrogen-bond donors (Lipinski definition) is 0. The fourth-order valence-electron chi connectivity index (χ4n) is 2.03. The molecule has 0 aliphatic carbocycles. The highest BCUT2D eigenvalue weighted by atomic mass is 79.9. The third-order valence-corrected chi connectivity index (χ3v) is 3.82. The predicted octanol–water partition coefficient (Wildman–Crippen LogP) is 3.95. The van der Waals surface area contributed by atoms with E-state index in [0.717, 1.165) is 36.7 Å². The number of carbonyl (C=O) groups is 1. The SMILES string of the molecule is C\C=C(Br)/C=C(F)\C(=C/C)N1CCC(C=O)CC1. The van der Waals surface area contributed by atoms with Crippen LogP contribution in [0.4, 0.5) is 4.39 Å². The molecule has 0 radical (unpaired) electrons. The highest BCUT2D eigenvalue weighted by Gasteiger charge is 2.21. The Morgan fingerprint density at radius 1 is 1.28 bits per heavy atom. The summed E-state index contributed by atoms with van der Waals surface area (Å²) in [5.74, 6) is -0.110. The molecule has 1 heterocycles. The van der Waals surface area contributed by atoms with Crippen molar-refractivity contribution in [2.75, 3.05) is 13.1 Å². The molecule has 0 spiro atoms. The number of rotatable bonds is 4. The average Bonchev–Trinajstić information content (AvgIpc) is 2.40. The second kappa shape index (κ2) is 7.52. The molecular weight excluding hydrogens is 297 g/mol. The van der Waals surface area contributed by atoms with Gasteiger partial charge in [0, 0.05) is 23.5 Å². The van der Waals surface area contributed by atoms with Gasteiger partial charge in [0.2, 0.25) is 0 Å². The summed E-state index contributed by atoms with van der Waals surface area (Å²) in [4.78, 5) is 12.7. The quantitative estimate of drug-likeness (QED) is 0.578. The van der Waals surface area contributed by atoms with Crippen LogP contribution in [-0.4, -0.2) is 24.3 Å². The molecule has 1 aliphatic heterocycles. The van der Waals surface area contributed by atoms with E-state index in [0.29, 0.717) is 5.70 Å². The molecule has 1 aliphatic rings. The summed E-state index contributed by atoms with van der Waals surface area (Å²) in [6.45, 7) is 5.15. The van der Waals surface area contributed by atoms with Crippen LogP contribution in [0.2, 0.25) is 0 Å². The van der Waals surface area contributed by atoms with Gasteiger partial charge in [-0.05, 0) is 32.8 Å². The molecule has 1 rings (SSSR count). The van der Waals surface area contributed by atoms with Gasteiger partial charge >= 0.3 is 0 Å². The maximum Gasteiger partial charge on any atom is 0.147 e. The molecule has 1 saturated heterocycles. The van der Waals surface area contributed by atoms with Crippen LogP contribution in [0.1, 0.15) is 26.7 Å². The van der Waals surface area contributed by atoms with Crippen LogP contribution in [0, 0.1) is 5.92 Å². The zero-order valence-electron chi connectivity index (χ0n) is 10.8. The topological polar surface area (TPSA) is 20.3 Å². The summed E-state index contributed by atoms with van der Waals surface area (Å²) in [7, 11) is 0. The van der Waals surface area contributed by atoms with Crippen LogP contribution in [0.3, 0.4) is 0 Å². The molecule has 0 bridgehead atoms. The summed E-state index contributed by atoms with van der Waals surface area (Å²) in [5, 5.41) is 0. The van der Waals surface area contributed by atoms with Gasteiger partial charge in [-0.25, -0.2) is 4.39 Å². The van der Waals surface area contributed by atoms with E-state index in [1.807, 2.05) is 18.7 Å². The van der Waals surface area contributed by atoms with Crippen molar-refractivity contribution in [1.29, 1.82) is 0 Å². The minimum atomic E-state index is -0.243. The molecule has 4 heteroatoms. The van der Waals surface area contributed by atoms with Crippen molar-refractivity contribution < 1.29 is 9.18 Å². The summed E-state index contributed by atoms with van der Waals surface area (Å²) in [5.41, 5.74) is 0.609. The van der Waals surface area contributed by atoms with Gasteiger partial charge < -0.3 is 9.69 Å². The summed E-state index contributed by atoms with van der Waals surface area (Å²) < 4.78 is 14.8. The van der Waals surface area contributed by atoms with E-state index in [2.05, 4.69) is 15.9 Å². The average molecular weight is 316 g/mol. The summed E-state index contributed by atoms with van der Waals surface area (Å²) in [6.07, 6.45) is 7.67. The number of halogens is 2. The van der Waals surface area contributed by atoms with Crippen LogP contribution < -0.4 is 0 Å². The lowest BCUT2D eigenvalue weighted by Gasteiger charge is -2.32. The second-order valence-corrected chi connectivity index (χ2v) is 5.22. The summed E-state index contributed by atoms with van der Waals surface area (Å²) in [6, 6.07) is 0. The fraction of sp³-hybridized carbons (Fsp3) is 0.500. The van der Waals surface area contributed by atoms with E-state index in [9.17, 15) is 9.18 Å². The lowest BCUT2D eigenvalue weighted by atomic mass is 9.98. The first kappa shape index (κ1) is 15.2. The molecule has 0 N–H and O–H groups in total. The minimum Gasteiger partial charge on any atom is -0.369 e. The van der Waals surface area contributed by atoms with Gasteiger partial charge in [0.05, 0.1) is 5.70 Å². The fourth-order valence-corrected chi connectivity index (χ4v) is 2.23. The molecule has 0 unspecified atom stereocenters. The van der Waals surface area contributed by atoms with Crippen molar-refractivity contribution in [2.24, 2.45) is 5.92 Å². The van der Waals surface area contributed by atoms with Crippen molar-refractivity contribution in [1.82, 2.24) is 4.90 Å². The Kier molecular flexibility index (Phi) is 6.33. The number of hydrogen-bond acceptors (Lipinski definition) is 2. The van der Waals surface area contributed by atoms with Crippen LogP contribution in [0.25, 0.3) is 0 Å². The first-order chi connectivity index (χ1) is 8.62. The molecule has 0 amide bonds. The van der Waals surface area contributed by atoms with Crippen molar-refractivity contribution >= 4 is 22.2 Å². The smallest absolute Gasteiger partial charge is 0.147 e. The Hall–Kier alpha value is -0.900. The highest BCUT2D eigenvalue weighted by molar-refractivity contribution is 9.11. The minimum absolute atomic E-state index is 0.133. The number of piperidine rings is 1. The molecule has 1 fully saturated rings.